The fourth-order valence-electron chi connectivity index (χ4n) is 0.498. The minimum absolute atomic E-state index is 0.0358. The fourth-order valence-corrected chi connectivity index (χ4v) is 0.585. The van der Waals surface area contributed by atoms with Crippen LogP contribution in [0.15, 0.2) is 0 Å². The van der Waals surface area contributed by atoms with Gasteiger partial charge >= 0.3 is 0 Å². The van der Waals surface area contributed by atoms with Gasteiger partial charge in [0.15, 0.2) is 4.99 Å². The molecule has 0 aromatic heterocycles. The Hall–Kier alpha value is -0.970. The highest BCUT2D eigenvalue weighted by Gasteiger charge is 2.21. The summed E-state index contributed by atoms with van der Waals surface area (Å²) in [5.41, 5.74) is 0. The van der Waals surface area contributed by atoms with Crippen LogP contribution in [0.5, 0.6) is 0 Å². The molecule has 5 heteroatoms. The minimum atomic E-state index is -0.639. The maximum atomic E-state index is 11.2. The number of likely N-dealkylation sites (N-methyl/N-ethyl adjacent to an activating group) is 2. The second-order valence-corrected chi connectivity index (χ2v) is 3.11. The lowest BCUT2D eigenvalue weighted by atomic mass is 10.3. The third-order valence-electron chi connectivity index (χ3n) is 1.20. The molecule has 0 radical (unpaired) electrons. The summed E-state index contributed by atoms with van der Waals surface area (Å²) >= 11 is 4.72. The van der Waals surface area contributed by atoms with Crippen LogP contribution in [0, 0.1) is 0 Å². The number of amides is 1. The first kappa shape index (κ1) is 11.0. The van der Waals surface area contributed by atoms with Crippen LogP contribution in [-0.2, 0) is 9.59 Å². The summed E-state index contributed by atoms with van der Waals surface area (Å²) in [4.78, 5) is 24.9. The van der Waals surface area contributed by atoms with Gasteiger partial charge in [-0.05, 0) is 0 Å². The Bertz CT molecular complexity index is 201. The Kier molecular flexibility index (Phi) is 3.82. The van der Waals surface area contributed by atoms with E-state index in [0.717, 1.165) is 0 Å². The number of nitrogens with zero attached hydrogens (tertiary/aromatic N) is 2. The quantitative estimate of drug-likeness (QED) is 0.434. The number of thiocarbonyl (C=S) groups is 1. The largest absolute Gasteiger partial charge is 0.366 e. The summed E-state index contributed by atoms with van der Waals surface area (Å²) in [7, 11) is 6.28. The van der Waals surface area contributed by atoms with Crippen LogP contribution in [-0.4, -0.2) is 54.7 Å². The molecule has 0 fully saturated rings. The smallest absolute Gasteiger partial charge is 0.296 e. The van der Waals surface area contributed by atoms with E-state index in [1.807, 2.05) is 0 Å². The summed E-state index contributed by atoms with van der Waals surface area (Å²) in [5, 5.41) is 0. The van der Waals surface area contributed by atoms with E-state index in [2.05, 4.69) is 0 Å². The maximum Gasteiger partial charge on any atom is 0.296 e. The first-order valence-electron chi connectivity index (χ1n) is 3.35. The topological polar surface area (TPSA) is 40.6 Å². The lowest BCUT2D eigenvalue weighted by Gasteiger charge is -2.14. The molecule has 1 amide bonds. The Balaban J connectivity index is 4.41. The van der Waals surface area contributed by atoms with Gasteiger partial charge in [0.05, 0.1) is 0 Å². The molecule has 0 bridgehead atoms. The molecule has 0 aromatic carbocycles. The Morgan fingerprint density at radius 2 is 1.42 bits per heavy atom. The van der Waals surface area contributed by atoms with Crippen molar-refractivity contribution in [1.29, 1.82) is 0 Å². The summed E-state index contributed by atoms with van der Waals surface area (Å²) in [6.45, 7) is 0. The molecule has 0 aliphatic carbocycles. The molecular weight excluding hydrogens is 176 g/mol. The normalized spacial score (nSPS) is 9.00. The van der Waals surface area contributed by atoms with E-state index < -0.39 is 11.7 Å². The number of Topliss-reactive ketones (excluding diaryl/α,β-unsaturated/α-hetero) is 1. The van der Waals surface area contributed by atoms with Crippen LogP contribution in [0.4, 0.5) is 0 Å². The molecule has 4 nitrogen and oxygen atoms in total. The van der Waals surface area contributed by atoms with E-state index in [9.17, 15) is 9.59 Å². The van der Waals surface area contributed by atoms with Crippen molar-refractivity contribution in [2.24, 2.45) is 0 Å². The molecule has 0 saturated carbocycles. The number of carbonyl (C=O) groups excluding carboxylic acids is 2. The van der Waals surface area contributed by atoms with Crippen LogP contribution in [0.3, 0.4) is 0 Å². The highest BCUT2D eigenvalue weighted by atomic mass is 32.1. The van der Waals surface area contributed by atoms with Gasteiger partial charge in [0.25, 0.3) is 11.7 Å². The van der Waals surface area contributed by atoms with Gasteiger partial charge in [0, 0.05) is 28.2 Å². The maximum absolute atomic E-state index is 11.2. The van der Waals surface area contributed by atoms with Crippen molar-refractivity contribution in [2.75, 3.05) is 28.2 Å². The lowest BCUT2D eigenvalue weighted by molar-refractivity contribution is -0.139. The van der Waals surface area contributed by atoms with Crippen molar-refractivity contribution in [3.8, 4) is 0 Å². The predicted octanol–water partition coefficient (Wildman–Crippen LogP) is -0.467. The van der Waals surface area contributed by atoms with Gasteiger partial charge in [-0.2, -0.15) is 0 Å². The van der Waals surface area contributed by atoms with Crippen molar-refractivity contribution in [1.82, 2.24) is 9.80 Å². The van der Waals surface area contributed by atoms with Crippen molar-refractivity contribution < 1.29 is 9.59 Å². The Labute approximate surface area is 77.1 Å². The minimum Gasteiger partial charge on any atom is -0.366 e. The van der Waals surface area contributed by atoms with Crippen LogP contribution < -0.4 is 0 Å². The summed E-state index contributed by atoms with van der Waals surface area (Å²) in [6, 6.07) is 0. The van der Waals surface area contributed by atoms with E-state index in [1.54, 1.807) is 14.1 Å². The Morgan fingerprint density at radius 1 is 1.00 bits per heavy atom. The third kappa shape index (κ3) is 2.58. The summed E-state index contributed by atoms with van der Waals surface area (Å²) < 4.78 is 0. The Morgan fingerprint density at radius 3 is 1.67 bits per heavy atom. The van der Waals surface area contributed by atoms with E-state index in [0.29, 0.717) is 0 Å². The lowest BCUT2D eigenvalue weighted by Crippen LogP contribution is -2.39. The van der Waals surface area contributed by atoms with Crippen LogP contribution in [0.25, 0.3) is 0 Å². The molecule has 0 saturated heterocycles. The van der Waals surface area contributed by atoms with Gasteiger partial charge < -0.3 is 9.80 Å². The van der Waals surface area contributed by atoms with Crippen LogP contribution >= 0.6 is 12.2 Å². The van der Waals surface area contributed by atoms with Gasteiger partial charge in [-0.1, -0.05) is 12.2 Å². The van der Waals surface area contributed by atoms with Crippen LogP contribution in [0.2, 0.25) is 0 Å². The zero-order valence-corrected chi connectivity index (χ0v) is 8.44. The van der Waals surface area contributed by atoms with Crippen molar-refractivity contribution in [3.05, 3.63) is 0 Å². The van der Waals surface area contributed by atoms with Gasteiger partial charge in [0.2, 0.25) is 0 Å². The second kappa shape index (κ2) is 4.15. The van der Waals surface area contributed by atoms with E-state index in [-0.39, 0.29) is 4.99 Å². The van der Waals surface area contributed by atoms with Crippen LogP contribution in [0.1, 0.15) is 0 Å². The molecule has 0 aliphatic heterocycles. The monoisotopic (exact) mass is 188 g/mol. The average molecular weight is 188 g/mol. The third-order valence-corrected chi connectivity index (χ3v) is 1.75. The molecule has 0 atom stereocenters. The average Bonchev–Trinajstić information content (AvgIpc) is 2.00. The number of hydrogen-bond donors (Lipinski definition) is 0. The summed E-state index contributed by atoms with van der Waals surface area (Å²) in [5.74, 6) is -1.23. The second-order valence-electron chi connectivity index (χ2n) is 2.73. The molecule has 0 aromatic rings. The molecule has 0 aliphatic rings. The molecule has 0 N–H and O–H groups in total. The van der Waals surface area contributed by atoms with Gasteiger partial charge in [0.1, 0.15) is 0 Å². The highest BCUT2D eigenvalue weighted by Crippen LogP contribution is 1.90. The molecule has 0 heterocycles. The fraction of sp³-hybridized carbons (Fsp3) is 0.571. The highest BCUT2D eigenvalue weighted by molar-refractivity contribution is 7.82. The first-order chi connectivity index (χ1) is 5.37. The predicted molar refractivity (Wildman–Crippen MR) is 50.0 cm³/mol. The van der Waals surface area contributed by atoms with Crippen molar-refractivity contribution >= 4 is 28.9 Å². The molecule has 68 valence electrons. The van der Waals surface area contributed by atoms with Gasteiger partial charge in [-0.3, -0.25) is 9.59 Å². The molecular formula is C7H12N2O2S. The zero-order valence-electron chi connectivity index (χ0n) is 7.62. The van der Waals surface area contributed by atoms with E-state index in [4.69, 9.17) is 12.2 Å². The SMILES string of the molecule is CN(C)C(=O)C(=O)C(=S)N(C)C. The number of ketones is 1. The molecule has 0 rings (SSSR count). The van der Waals surface area contributed by atoms with E-state index >= 15 is 0 Å². The molecule has 0 unspecified atom stereocenters. The zero-order chi connectivity index (χ0) is 9.89. The molecule has 0 spiro atoms. The van der Waals surface area contributed by atoms with Gasteiger partial charge in [-0.15, -0.1) is 0 Å². The van der Waals surface area contributed by atoms with E-state index in [1.165, 1.54) is 23.9 Å². The number of rotatable bonds is 2. The number of carbonyl (C=O) groups is 2. The first-order valence-corrected chi connectivity index (χ1v) is 3.76. The molecule has 12 heavy (non-hydrogen) atoms. The van der Waals surface area contributed by atoms with Crippen molar-refractivity contribution in [3.63, 3.8) is 0 Å². The summed E-state index contributed by atoms with van der Waals surface area (Å²) in [6.07, 6.45) is 0. The number of hydrogen-bond acceptors (Lipinski definition) is 3. The standard InChI is InChI=1S/C7H12N2O2S/c1-8(2)6(11)5(10)7(12)9(3)4/h1-4H3. The van der Waals surface area contributed by atoms with Gasteiger partial charge in [-0.25, -0.2) is 0 Å². The van der Waals surface area contributed by atoms with Crippen molar-refractivity contribution in [2.45, 2.75) is 0 Å².